The number of hydrogen-bond acceptors (Lipinski definition) is 3. The van der Waals surface area contributed by atoms with Crippen molar-refractivity contribution in [2.75, 3.05) is 12.4 Å². The molecular weight excluding hydrogens is 234 g/mol. The Kier molecular flexibility index (Phi) is 4.07. The van der Waals surface area contributed by atoms with Crippen LogP contribution in [0.1, 0.15) is 23.3 Å². The van der Waals surface area contributed by atoms with E-state index in [0.29, 0.717) is 0 Å². The number of thioether (sulfide) groups is 1. The summed E-state index contributed by atoms with van der Waals surface area (Å²) in [5, 5.41) is 11.7. The Morgan fingerprint density at radius 3 is 3.12 bits per heavy atom. The highest BCUT2D eigenvalue weighted by Gasteiger charge is 2.27. The smallest absolute Gasteiger partial charge is 0.237 e. The molecule has 2 N–H and O–H groups in total. The molecule has 2 rings (SSSR count). The largest absolute Gasteiger partial charge is 0.394 e. The lowest BCUT2D eigenvalue weighted by atomic mass is 10.0. The molecule has 0 saturated heterocycles. The van der Waals surface area contributed by atoms with Gasteiger partial charge in [0.15, 0.2) is 0 Å². The van der Waals surface area contributed by atoms with E-state index in [1.807, 2.05) is 18.2 Å². The first-order chi connectivity index (χ1) is 8.22. The van der Waals surface area contributed by atoms with Crippen LogP contribution < -0.4 is 5.32 Å². The van der Waals surface area contributed by atoms with E-state index >= 15 is 0 Å². The highest BCUT2D eigenvalue weighted by molar-refractivity contribution is 8.00. The van der Waals surface area contributed by atoms with E-state index in [4.69, 9.17) is 5.11 Å². The van der Waals surface area contributed by atoms with Gasteiger partial charge in [-0.1, -0.05) is 24.3 Å². The number of nitrogens with one attached hydrogen (secondary N) is 1. The van der Waals surface area contributed by atoms with Gasteiger partial charge in [-0.2, -0.15) is 0 Å². The van der Waals surface area contributed by atoms with Crippen LogP contribution >= 0.6 is 11.8 Å². The van der Waals surface area contributed by atoms with Crippen LogP contribution in [-0.4, -0.2) is 29.4 Å². The summed E-state index contributed by atoms with van der Waals surface area (Å²) in [7, 11) is 0. The number of aliphatic hydroxyl groups is 1. The number of carbonyl (C=O) groups excluding carboxylic acids is 1. The summed E-state index contributed by atoms with van der Waals surface area (Å²) in [6, 6.07) is 7.91. The Balaban J connectivity index is 2.15. The second kappa shape index (κ2) is 5.56. The molecule has 0 bridgehead atoms. The molecule has 0 saturated carbocycles. The van der Waals surface area contributed by atoms with Crippen molar-refractivity contribution in [3.63, 3.8) is 0 Å². The third kappa shape index (κ3) is 2.82. The lowest BCUT2D eigenvalue weighted by Crippen LogP contribution is -2.38. The minimum Gasteiger partial charge on any atom is -0.394 e. The fourth-order valence-corrected chi connectivity index (χ4v) is 3.18. The van der Waals surface area contributed by atoms with Gasteiger partial charge in [-0.05, 0) is 30.2 Å². The van der Waals surface area contributed by atoms with E-state index in [2.05, 4.69) is 11.4 Å². The Hall–Kier alpha value is -1.00. The lowest BCUT2D eigenvalue weighted by Gasteiger charge is -2.25. The van der Waals surface area contributed by atoms with Crippen molar-refractivity contribution in [3.8, 4) is 0 Å². The number of rotatable bonds is 3. The van der Waals surface area contributed by atoms with Gasteiger partial charge in [-0.15, -0.1) is 11.8 Å². The summed E-state index contributed by atoms with van der Waals surface area (Å²) in [5.74, 6) is 0.978. The van der Waals surface area contributed by atoms with Crippen LogP contribution in [0, 0.1) is 0 Å². The SMILES string of the molecule is CC(CO)NC(=O)C1SCCc2ccccc21. The number of benzene rings is 1. The van der Waals surface area contributed by atoms with Crippen molar-refractivity contribution in [1.82, 2.24) is 5.32 Å². The van der Waals surface area contributed by atoms with E-state index in [0.717, 1.165) is 17.7 Å². The van der Waals surface area contributed by atoms with Gasteiger partial charge in [0, 0.05) is 6.04 Å². The maximum absolute atomic E-state index is 12.1. The molecule has 0 radical (unpaired) electrons. The van der Waals surface area contributed by atoms with Gasteiger partial charge in [0.2, 0.25) is 5.91 Å². The summed E-state index contributed by atoms with van der Waals surface area (Å²) in [6.07, 6.45) is 1.03. The van der Waals surface area contributed by atoms with Crippen molar-refractivity contribution in [2.24, 2.45) is 0 Å². The van der Waals surface area contributed by atoms with E-state index < -0.39 is 0 Å². The molecular formula is C13H17NO2S. The fourth-order valence-electron chi connectivity index (χ4n) is 1.98. The summed E-state index contributed by atoms with van der Waals surface area (Å²) in [4.78, 5) is 12.1. The Labute approximate surface area is 106 Å². The molecule has 1 aliphatic rings. The molecule has 1 amide bonds. The third-order valence-electron chi connectivity index (χ3n) is 2.89. The van der Waals surface area contributed by atoms with Gasteiger partial charge in [0.25, 0.3) is 0 Å². The molecule has 0 aromatic heterocycles. The van der Waals surface area contributed by atoms with Gasteiger partial charge >= 0.3 is 0 Å². The Morgan fingerprint density at radius 1 is 1.59 bits per heavy atom. The summed E-state index contributed by atoms with van der Waals surface area (Å²) < 4.78 is 0. The van der Waals surface area contributed by atoms with Gasteiger partial charge in [-0.25, -0.2) is 0 Å². The van der Waals surface area contributed by atoms with E-state index in [1.54, 1.807) is 18.7 Å². The van der Waals surface area contributed by atoms with Crippen LogP contribution in [-0.2, 0) is 11.2 Å². The molecule has 2 atom stereocenters. The molecule has 92 valence electrons. The van der Waals surface area contributed by atoms with Crippen LogP contribution in [0.2, 0.25) is 0 Å². The molecule has 1 aliphatic heterocycles. The van der Waals surface area contributed by atoms with Crippen molar-refractivity contribution in [2.45, 2.75) is 24.6 Å². The van der Waals surface area contributed by atoms with Crippen LogP contribution in [0.25, 0.3) is 0 Å². The molecule has 17 heavy (non-hydrogen) atoms. The first kappa shape index (κ1) is 12.5. The molecule has 1 aromatic carbocycles. The molecule has 0 fully saturated rings. The summed E-state index contributed by atoms with van der Waals surface area (Å²) >= 11 is 1.67. The molecule has 2 unspecified atom stereocenters. The van der Waals surface area contributed by atoms with Crippen molar-refractivity contribution < 1.29 is 9.90 Å². The maximum Gasteiger partial charge on any atom is 0.237 e. The molecule has 3 nitrogen and oxygen atoms in total. The predicted octanol–water partition coefficient (Wildman–Crippen LogP) is 1.51. The van der Waals surface area contributed by atoms with E-state index in [-0.39, 0.29) is 23.8 Å². The van der Waals surface area contributed by atoms with Crippen LogP contribution in [0.15, 0.2) is 24.3 Å². The second-order valence-electron chi connectivity index (χ2n) is 4.29. The zero-order chi connectivity index (χ0) is 12.3. The monoisotopic (exact) mass is 251 g/mol. The standard InChI is InChI=1S/C13H17NO2S/c1-9(8-15)14-13(16)12-11-5-3-2-4-10(11)6-7-17-12/h2-5,9,12,15H,6-8H2,1H3,(H,14,16). The molecule has 1 aromatic rings. The number of amides is 1. The predicted molar refractivity (Wildman–Crippen MR) is 70.0 cm³/mol. The van der Waals surface area contributed by atoms with Crippen LogP contribution in [0.4, 0.5) is 0 Å². The molecule has 0 aliphatic carbocycles. The van der Waals surface area contributed by atoms with Crippen LogP contribution in [0.3, 0.4) is 0 Å². The number of fused-ring (bicyclic) bond motifs is 1. The van der Waals surface area contributed by atoms with Crippen molar-refractivity contribution in [1.29, 1.82) is 0 Å². The minimum atomic E-state index is -0.183. The maximum atomic E-state index is 12.1. The molecule has 0 spiro atoms. The summed E-state index contributed by atoms with van der Waals surface area (Å²) in [5.41, 5.74) is 2.38. The van der Waals surface area contributed by atoms with E-state index in [1.165, 1.54) is 5.56 Å². The minimum absolute atomic E-state index is 0.00343. The topological polar surface area (TPSA) is 49.3 Å². The Bertz CT molecular complexity index is 408. The van der Waals surface area contributed by atoms with Gasteiger partial charge in [0.1, 0.15) is 5.25 Å². The van der Waals surface area contributed by atoms with Gasteiger partial charge in [0.05, 0.1) is 6.61 Å². The summed E-state index contributed by atoms with van der Waals surface area (Å²) in [6.45, 7) is 1.78. The number of aryl methyl sites for hydroxylation is 1. The first-order valence-corrected chi connectivity index (χ1v) is 6.88. The number of hydrogen-bond donors (Lipinski definition) is 2. The number of aliphatic hydroxyl groups excluding tert-OH is 1. The molecule has 4 heteroatoms. The highest BCUT2D eigenvalue weighted by atomic mass is 32.2. The quantitative estimate of drug-likeness (QED) is 0.856. The van der Waals surface area contributed by atoms with Crippen molar-refractivity contribution in [3.05, 3.63) is 35.4 Å². The first-order valence-electron chi connectivity index (χ1n) is 5.83. The second-order valence-corrected chi connectivity index (χ2v) is 5.50. The molecule has 1 heterocycles. The zero-order valence-electron chi connectivity index (χ0n) is 9.85. The van der Waals surface area contributed by atoms with Crippen LogP contribution in [0.5, 0.6) is 0 Å². The normalized spacial score (nSPS) is 20.5. The lowest BCUT2D eigenvalue weighted by molar-refractivity contribution is -0.121. The van der Waals surface area contributed by atoms with Crippen molar-refractivity contribution >= 4 is 17.7 Å². The van der Waals surface area contributed by atoms with Gasteiger partial charge in [-0.3, -0.25) is 4.79 Å². The average Bonchev–Trinajstić information content (AvgIpc) is 2.37. The average molecular weight is 251 g/mol. The number of carbonyl (C=O) groups is 1. The van der Waals surface area contributed by atoms with E-state index in [9.17, 15) is 4.79 Å². The zero-order valence-corrected chi connectivity index (χ0v) is 10.7. The Morgan fingerprint density at radius 2 is 2.35 bits per heavy atom. The van der Waals surface area contributed by atoms with Gasteiger partial charge < -0.3 is 10.4 Å². The fraction of sp³-hybridized carbons (Fsp3) is 0.462. The highest BCUT2D eigenvalue weighted by Crippen LogP contribution is 2.36. The third-order valence-corrected chi connectivity index (χ3v) is 4.14.